The smallest absolute Gasteiger partial charge is 0.270 e. The van der Waals surface area contributed by atoms with E-state index in [1.165, 1.54) is 18.5 Å². The Bertz CT molecular complexity index is 1000. The zero-order valence-corrected chi connectivity index (χ0v) is 14.8. The standard InChI is InChI=1S/C20H17N3O5/c24-19(22-10-13-3-4-17-18(8-13)28-12-27-17)14-5-6-21-16(9-14)20(25)23-11-15-2-1-7-26-15/h1-9H,10-12H2,(H,22,24)(H,23,25). The Morgan fingerprint density at radius 3 is 2.68 bits per heavy atom. The first-order chi connectivity index (χ1) is 13.7. The second-order valence-electron chi connectivity index (χ2n) is 6.06. The second kappa shape index (κ2) is 7.83. The van der Waals surface area contributed by atoms with Crippen LogP contribution < -0.4 is 20.1 Å². The summed E-state index contributed by atoms with van der Waals surface area (Å²) in [5.74, 6) is 1.29. The van der Waals surface area contributed by atoms with Crippen LogP contribution in [0.15, 0.2) is 59.3 Å². The molecule has 3 aromatic rings. The lowest BCUT2D eigenvalue weighted by Crippen LogP contribution is -2.26. The Morgan fingerprint density at radius 1 is 0.964 bits per heavy atom. The first-order valence-corrected chi connectivity index (χ1v) is 8.62. The number of hydrogen-bond acceptors (Lipinski definition) is 6. The molecule has 0 fully saturated rings. The molecule has 2 aromatic heterocycles. The molecule has 0 radical (unpaired) electrons. The maximum Gasteiger partial charge on any atom is 0.270 e. The number of carbonyl (C=O) groups is 2. The van der Waals surface area contributed by atoms with E-state index in [4.69, 9.17) is 13.9 Å². The molecular formula is C20H17N3O5. The second-order valence-corrected chi connectivity index (χ2v) is 6.06. The first-order valence-electron chi connectivity index (χ1n) is 8.62. The van der Waals surface area contributed by atoms with Crippen molar-refractivity contribution in [1.82, 2.24) is 15.6 Å². The summed E-state index contributed by atoms with van der Waals surface area (Å²) in [4.78, 5) is 28.7. The summed E-state index contributed by atoms with van der Waals surface area (Å²) in [5, 5.41) is 5.51. The van der Waals surface area contributed by atoms with Crippen LogP contribution in [-0.4, -0.2) is 23.6 Å². The molecule has 28 heavy (non-hydrogen) atoms. The Hall–Kier alpha value is -3.81. The molecule has 0 unspecified atom stereocenters. The van der Waals surface area contributed by atoms with Crippen molar-refractivity contribution in [2.75, 3.05) is 6.79 Å². The number of pyridine rings is 1. The molecular weight excluding hydrogens is 362 g/mol. The Balaban J connectivity index is 1.36. The molecule has 8 nitrogen and oxygen atoms in total. The van der Waals surface area contributed by atoms with Gasteiger partial charge in [-0.25, -0.2) is 0 Å². The van der Waals surface area contributed by atoms with Crippen LogP contribution >= 0.6 is 0 Å². The molecule has 1 aliphatic heterocycles. The molecule has 0 saturated carbocycles. The van der Waals surface area contributed by atoms with Crippen LogP contribution in [0.4, 0.5) is 0 Å². The number of rotatable bonds is 6. The Labute approximate surface area is 160 Å². The maximum absolute atomic E-state index is 12.4. The van der Waals surface area contributed by atoms with Crippen molar-refractivity contribution >= 4 is 11.8 Å². The number of furan rings is 1. The minimum absolute atomic E-state index is 0.155. The molecule has 1 aliphatic rings. The molecule has 0 spiro atoms. The van der Waals surface area contributed by atoms with Gasteiger partial charge in [0.2, 0.25) is 6.79 Å². The fraction of sp³-hybridized carbons (Fsp3) is 0.150. The fourth-order valence-electron chi connectivity index (χ4n) is 2.70. The van der Waals surface area contributed by atoms with Crippen LogP contribution in [0.25, 0.3) is 0 Å². The van der Waals surface area contributed by atoms with E-state index in [1.54, 1.807) is 24.3 Å². The summed E-state index contributed by atoms with van der Waals surface area (Å²) in [5.41, 5.74) is 1.38. The van der Waals surface area contributed by atoms with Gasteiger partial charge in [-0.1, -0.05) is 6.07 Å². The number of ether oxygens (including phenoxy) is 2. The highest BCUT2D eigenvalue weighted by Crippen LogP contribution is 2.32. The summed E-state index contributed by atoms with van der Waals surface area (Å²) in [6, 6.07) is 12.0. The van der Waals surface area contributed by atoms with Gasteiger partial charge in [-0.15, -0.1) is 0 Å². The largest absolute Gasteiger partial charge is 0.467 e. The van der Waals surface area contributed by atoms with Crippen molar-refractivity contribution in [2.45, 2.75) is 13.1 Å². The van der Waals surface area contributed by atoms with Crippen LogP contribution in [0.3, 0.4) is 0 Å². The molecule has 142 valence electrons. The maximum atomic E-state index is 12.4. The predicted molar refractivity (Wildman–Crippen MR) is 97.9 cm³/mol. The van der Waals surface area contributed by atoms with Crippen LogP contribution in [-0.2, 0) is 13.1 Å². The molecule has 2 amide bonds. The summed E-state index contributed by atoms with van der Waals surface area (Å²) in [7, 11) is 0. The van der Waals surface area contributed by atoms with Gasteiger partial charge in [-0.3, -0.25) is 14.6 Å². The molecule has 4 rings (SSSR count). The third-order valence-electron chi connectivity index (χ3n) is 4.15. The molecule has 0 atom stereocenters. The number of nitrogens with zero attached hydrogens (tertiary/aromatic N) is 1. The highest BCUT2D eigenvalue weighted by atomic mass is 16.7. The van der Waals surface area contributed by atoms with Crippen molar-refractivity contribution in [1.29, 1.82) is 0 Å². The zero-order valence-electron chi connectivity index (χ0n) is 14.8. The number of benzene rings is 1. The third kappa shape index (κ3) is 3.96. The first kappa shape index (κ1) is 17.6. The number of carbonyl (C=O) groups excluding carboxylic acids is 2. The van der Waals surface area contributed by atoms with E-state index in [1.807, 2.05) is 12.1 Å². The van der Waals surface area contributed by atoms with Crippen LogP contribution in [0, 0.1) is 0 Å². The fourth-order valence-corrected chi connectivity index (χ4v) is 2.70. The van der Waals surface area contributed by atoms with E-state index in [0.29, 0.717) is 29.4 Å². The lowest BCUT2D eigenvalue weighted by atomic mass is 10.1. The zero-order chi connectivity index (χ0) is 19.3. The quantitative estimate of drug-likeness (QED) is 0.681. The average molecular weight is 379 g/mol. The molecule has 0 aliphatic carbocycles. The van der Waals surface area contributed by atoms with Gasteiger partial charge >= 0.3 is 0 Å². The number of nitrogens with one attached hydrogen (secondary N) is 2. The average Bonchev–Trinajstić information content (AvgIpc) is 3.41. The lowest BCUT2D eigenvalue weighted by molar-refractivity contribution is 0.0943. The van der Waals surface area contributed by atoms with Crippen molar-refractivity contribution < 1.29 is 23.5 Å². The molecule has 0 bridgehead atoms. The van der Waals surface area contributed by atoms with Crippen LogP contribution in [0.5, 0.6) is 11.5 Å². The normalized spacial score (nSPS) is 11.9. The predicted octanol–water partition coefficient (Wildman–Crippen LogP) is 2.26. The van der Waals surface area contributed by atoms with E-state index < -0.39 is 0 Å². The van der Waals surface area contributed by atoms with Gasteiger partial charge in [0.15, 0.2) is 11.5 Å². The molecule has 0 saturated heterocycles. The molecule has 8 heteroatoms. The summed E-state index contributed by atoms with van der Waals surface area (Å²) in [6.07, 6.45) is 2.96. The summed E-state index contributed by atoms with van der Waals surface area (Å²) < 4.78 is 15.8. The van der Waals surface area contributed by atoms with Gasteiger partial charge in [0.25, 0.3) is 11.8 Å². The van der Waals surface area contributed by atoms with Gasteiger partial charge in [0, 0.05) is 18.3 Å². The number of aromatic nitrogens is 1. The number of fused-ring (bicyclic) bond motifs is 1. The molecule has 2 N–H and O–H groups in total. The molecule has 3 heterocycles. The van der Waals surface area contributed by atoms with Gasteiger partial charge in [0.1, 0.15) is 11.5 Å². The van der Waals surface area contributed by atoms with Crippen LogP contribution in [0.1, 0.15) is 32.2 Å². The highest BCUT2D eigenvalue weighted by Gasteiger charge is 2.15. The summed E-state index contributed by atoms with van der Waals surface area (Å²) >= 11 is 0. The van der Waals surface area contributed by atoms with Gasteiger partial charge in [-0.2, -0.15) is 0 Å². The van der Waals surface area contributed by atoms with Gasteiger partial charge in [0.05, 0.1) is 12.8 Å². The minimum atomic E-state index is -0.387. The van der Waals surface area contributed by atoms with Gasteiger partial charge in [-0.05, 0) is 42.0 Å². The highest BCUT2D eigenvalue weighted by molar-refractivity contribution is 5.98. The van der Waals surface area contributed by atoms with Crippen LogP contribution in [0.2, 0.25) is 0 Å². The topological polar surface area (TPSA) is 103 Å². The third-order valence-corrected chi connectivity index (χ3v) is 4.15. The monoisotopic (exact) mass is 379 g/mol. The minimum Gasteiger partial charge on any atom is -0.467 e. The van der Waals surface area contributed by atoms with E-state index in [-0.39, 0.29) is 30.8 Å². The van der Waals surface area contributed by atoms with Crippen molar-refractivity contribution in [2.24, 2.45) is 0 Å². The van der Waals surface area contributed by atoms with Gasteiger partial charge < -0.3 is 24.5 Å². The number of hydrogen-bond donors (Lipinski definition) is 2. The SMILES string of the molecule is O=C(NCc1ccc2c(c1)OCO2)c1ccnc(C(=O)NCc2ccco2)c1. The van der Waals surface area contributed by atoms with E-state index in [9.17, 15) is 9.59 Å². The van der Waals surface area contributed by atoms with Crippen molar-refractivity contribution in [3.63, 3.8) is 0 Å². The molecule has 1 aromatic carbocycles. The summed E-state index contributed by atoms with van der Waals surface area (Å²) in [6.45, 7) is 0.763. The van der Waals surface area contributed by atoms with Crippen molar-refractivity contribution in [3.8, 4) is 11.5 Å². The van der Waals surface area contributed by atoms with E-state index in [2.05, 4.69) is 15.6 Å². The Kier molecular flexibility index (Phi) is 4.92. The number of amides is 2. The Morgan fingerprint density at radius 2 is 1.82 bits per heavy atom. The van der Waals surface area contributed by atoms with Crippen molar-refractivity contribution in [3.05, 3.63) is 77.5 Å². The van der Waals surface area contributed by atoms with E-state index >= 15 is 0 Å². The lowest BCUT2D eigenvalue weighted by Gasteiger charge is -2.08. The van der Waals surface area contributed by atoms with E-state index in [0.717, 1.165) is 5.56 Å².